The molecule has 2 atom stereocenters. The van der Waals surface area contributed by atoms with Gasteiger partial charge in [0.1, 0.15) is 0 Å². The van der Waals surface area contributed by atoms with Crippen LogP contribution in [0, 0.1) is 13.8 Å². The standard InChI is InChI=1S/C17H28N2O/c1-5-19-9-8-18(11-15(19)4)12-17(20)16-7-6-13(2)14(3)10-16/h6-7,10,15,17,20H,5,8-9,11-12H2,1-4H3. The molecule has 0 spiro atoms. The third kappa shape index (κ3) is 3.60. The van der Waals surface area contributed by atoms with Crippen molar-refractivity contribution in [2.75, 3.05) is 32.7 Å². The fraction of sp³-hybridized carbons (Fsp3) is 0.647. The van der Waals surface area contributed by atoms with Gasteiger partial charge in [0.05, 0.1) is 6.10 Å². The number of benzene rings is 1. The maximum absolute atomic E-state index is 10.4. The molecule has 1 N–H and O–H groups in total. The Labute approximate surface area is 123 Å². The lowest BCUT2D eigenvalue weighted by molar-refractivity contribution is 0.0478. The summed E-state index contributed by atoms with van der Waals surface area (Å²) in [4.78, 5) is 4.88. The number of rotatable bonds is 4. The van der Waals surface area contributed by atoms with Crippen LogP contribution in [0.25, 0.3) is 0 Å². The minimum atomic E-state index is -0.380. The van der Waals surface area contributed by atoms with E-state index in [2.05, 4.69) is 55.7 Å². The largest absolute Gasteiger partial charge is 0.387 e. The second-order valence-electron chi connectivity index (χ2n) is 6.10. The summed E-state index contributed by atoms with van der Waals surface area (Å²) in [5.41, 5.74) is 3.58. The van der Waals surface area contributed by atoms with Crippen LogP contribution in [-0.2, 0) is 0 Å². The molecule has 112 valence electrons. The molecule has 0 radical (unpaired) electrons. The van der Waals surface area contributed by atoms with Crippen LogP contribution in [0.15, 0.2) is 18.2 Å². The highest BCUT2D eigenvalue weighted by Gasteiger charge is 2.24. The minimum Gasteiger partial charge on any atom is -0.387 e. The van der Waals surface area contributed by atoms with Gasteiger partial charge in [0, 0.05) is 32.2 Å². The van der Waals surface area contributed by atoms with E-state index >= 15 is 0 Å². The fourth-order valence-corrected chi connectivity index (χ4v) is 3.03. The Morgan fingerprint density at radius 3 is 2.60 bits per heavy atom. The van der Waals surface area contributed by atoms with Gasteiger partial charge in [-0.1, -0.05) is 25.1 Å². The molecule has 1 saturated heterocycles. The van der Waals surface area contributed by atoms with Gasteiger partial charge in [0.15, 0.2) is 0 Å². The molecule has 1 aliphatic rings. The first-order chi connectivity index (χ1) is 9.51. The van der Waals surface area contributed by atoms with Gasteiger partial charge in [-0.2, -0.15) is 0 Å². The van der Waals surface area contributed by atoms with E-state index in [9.17, 15) is 5.11 Å². The number of aliphatic hydroxyl groups is 1. The molecule has 20 heavy (non-hydrogen) atoms. The summed E-state index contributed by atoms with van der Waals surface area (Å²) in [5, 5.41) is 10.4. The third-order valence-corrected chi connectivity index (χ3v) is 4.60. The normalized spacial score (nSPS) is 22.9. The molecule has 2 rings (SSSR count). The van der Waals surface area contributed by atoms with E-state index in [4.69, 9.17) is 0 Å². The number of nitrogens with zero attached hydrogens (tertiary/aromatic N) is 2. The van der Waals surface area contributed by atoms with Crippen LogP contribution < -0.4 is 0 Å². The maximum Gasteiger partial charge on any atom is 0.0917 e. The highest BCUT2D eigenvalue weighted by molar-refractivity contribution is 5.31. The molecular formula is C17H28N2O. The van der Waals surface area contributed by atoms with Gasteiger partial charge in [-0.05, 0) is 44.0 Å². The van der Waals surface area contributed by atoms with Crippen molar-refractivity contribution in [1.29, 1.82) is 0 Å². The van der Waals surface area contributed by atoms with Gasteiger partial charge < -0.3 is 5.11 Å². The Bertz CT molecular complexity index is 447. The van der Waals surface area contributed by atoms with Crippen LogP contribution in [0.4, 0.5) is 0 Å². The summed E-state index contributed by atoms with van der Waals surface area (Å²) in [6.07, 6.45) is -0.380. The van der Waals surface area contributed by atoms with Gasteiger partial charge in [-0.15, -0.1) is 0 Å². The Morgan fingerprint density at radius 2 is 2.00 bits per heavy atom. The summed E-state index contributed by atoms with van der Waals surface area (Å²) in [5.74, 6) is 0. The van der Waals surface area contributed by atoms with Gasteiger partial charge in [-0.3, -0.25) is 9.80 Å². The number of hydrogen-bond acceptors (Lipinski definition) is 3. The summed E-state index contributed by atoms with van der Waals surface area (Å²) in [6, 6.07) is 6.86. The average Bonchev–Trinajstić information content (AvgIpc) is 2.42. The molecule has 3 nitrogen and oxygen atoms in total. The second-order valence-corrected chi connectivity index (χ2v) is 6.10. The first-order valence-electron chi connectivity index (χ1n) is 7.73. The number of hydrogen-bond donors (Lipinski definition) is 1. The van der Waals surface area contributed by atoms with E-state index in [1.807, 2.05) is 0 Å². The van der Waals surface area contributed by atoms with Crippen LogP contribution in [0.3, 0.4) is 0 Å². The SMILES string of the molecule is CCN1CCN(CC(O)c2ccc(C)c(C)c2)CC1C. The molecule has 1 aliphatic heterocycles. The molecule has 1 aromatic carbocycles. The van der Waals surface area contributed by atoms with Gasteiger partial charge in [0.2, 0.25) is 0 Å². The molecule has 1 fully saturated rings. The highest BCUT2D eigenvalue weighted by atomic mass is 16.3. The Balaban J connectivity index is 1.94. The number of likely N-dealkylation sites (N-methyl/N-ethyl adjacent to an activating group) is 1. The zero-order valence-electron chi connectivity index (χ0n) is 13.3. The van der Waals surface area contributed by atoms with Crippen molar-refractivity contribution in [3.8, 4) is 0 Å². The van der Waals surface area contributed by atoms with Crippen molar-refractivity contribution in [2.24, 2.45) is 0 Å². The van der Waals surface area contributed by atoms with E-state index in [0.717, 1.165) is 38.3 Å². The van der Waals surface area contributed by atoms with Crippen molar-refractivity contribution in [3.63, 3.8) is 0 Å². The number of aryl methyl sites for hydroxylation is 2. The van der Waals surface area contributed by atoms with Gasteiger partial charge in [-0.25, -0.2) is 0 Å². The maximum atomic E-state index is 10.4. The Morgan fingerprint density at radius 1 is 1.25 bits per heavy atom. The van der Waals surface area contributed by atoms with E-state index in [0.29, 0.717) is 6.04 Å². The summed E-state index contributed by atoms with van der Waals surface area (Å²) < 4.78 is 0. The molecule has 0 bridgehead atoms. The first-order valence-corrected chi connectivity index (χ1v) is 7.73. The van der Waals surface area contributed by atoms with Crippen LogP contribution in [0.2, 0.25) is 0 Å². The lowest BCUT2D eigenvalue weighted by Crippen LogP contribution is -2.52. The Hall–Kier alpha value is -0.900. The fourth-order valence-electron chi connectivity index (χ4n) is 3.03. The summed E-state index contributed by atoms with van der Waals surface area (Å²) in [7, 11) is 0. The highest BCUT2D eigenvalue weighted by Crippen LogP contribution is 2.19. The molecule has 1 heterocycles. The summed E-state index contributed by atoms with van der Waals surface area (Å²) >= 11 is 0. The van der Waals surface area contributed by atoms with E-state index in [-0.39, 0.29) is 6.10 Å². The van der Waals surface area contributed by atoms with E-state index < -0.39 is 0 Å². The lowest BCUT2D eigenvalue weighted by Gasteiger charge is -2.40. The lowest BCUT2D eigenvalue weighted by atomic mass is 10.0. The van der Waals surface area contributed by atoms with Crippen LogP contribution >= 0.6 is 0 Å². The number of aliphatic hydroxyl groups excluding tert-OH is 1. The molecular weight excluding hydrogens is 248 g/mol. The van der Waals surface area contributed by atoms with Gasteiger partial charge in [0.25, 0.3) is 0 Å². The first kappa shape index (κ1) is 15.5. The quantitative estimate of drug-likeness (QED) is 0.914. The van der Waals surface area contributed by atoms with Crippen molar-refractivity contribution in [2.45, 2.75) is 39.8 Å². The third-order valence-electron chi connectivity index (χ3n) is 4.60. The van der Waals surface area contributed by atoms with Crippen molar-refractivity contribution < 1.29 is 5.11 Å². The Kier molecular flexibility index (Phi) is 5.19. The molecule has 0 aromatic heterocycles. The van der Waals surface area contributed by atoms with E-state index in [1.54, 1.807) is 0 Å². The second kappa shape index (κ2) is 6.70. The summed E-state index contributed by atoms with van der Waals surface area (Å²) in [6.45, 7) is 13.8. The molecule has 0 aliphatic carbocycles. The topological polar surface area (TPSA) is 26.7 Å². The van der Waals surface area contributed by atoms with Crippen LogP contribution in [0.1, 0.15) is 36.6 Å². The average molecular weight is 276 g/mol. The van der Waals surface area contributed by atoms with Crippen LogP contribution in [-0.4, -0.2) is 53.7 Å². The molecule has 1 aromatic rings. The van der Waals surface area contributed by atoms with E-state index in [1.165, 1.54) is 11.1 Å². The minimum absolute atomic E-state index is 0.380. The van der Waals surface area contributed by atoms with Crippen LogP contribution in [0.5, 0.6) is 0 Å². The zero-order valence-corrected chi connectivity index (χ0v) is 13.3. The number of piperazine rings is 1. The molecule has 3 heteroatoms. The number of β-amino-alcohol motifs (C(OH)–C–C–N with tert-alkyl or cyclic N) is 1. The molecule has 0 saturated carbocycles. The molecule has 2 unspecified atom stereocenters. The molecule has 0 amide bonds. The monoisotopic (exact) mass is 276 g/mol. The predicted octanol–water partition coefficient (Wildman–Crippen LogP) is 2.36. The predicted molar refractivity (Wildman–Crippen MR) is 84.0 cm³/mol. The van der Waals surface area contributed by atoms with Gasteiger partial charge >= 0.3 is 0 Å². The zero-order chi connectivity index (χ0) is 14.7. The smallest absolute Gasteiger partial charge is 0.0917 e. The van der Waals surface area contributed by atoms with Crippen molar-refractivity contribution in [3.05, 3.63) is 34.9 Å². The van der Waals surface area contributed by atoms with Crippen molar-refractivity contribution >= 4 is 0 Å². The van der Waals surface area contributed by atoms with Crippen molar-refractivity contribution in [1.82, 2.24) is 9.80 Å².